The van der Waals surface area contributed by atoms with Crippen LogP contribution in [0, 0.1) is 0 Å². The number of piperidine rings is 2. The van der Waals surface area contributed by atoms with Crippen LogP contribution in [0.2, 0.25) is 0 Å². The Bertz CT molecular complexity index is 287. The van der Waals surface area contributed by atoms with Crippen LogP contribution in [0.25, 0.3) is 0 Å². The zero-order valence-electron chi connectivity index (χ0n) is 14.4. The topological polar surface area (TPSA) is 44.5 Å². The molecule has 0 aromatic rings. The number of likely N-dealkylation sites (tertiary alicyclic amines) is 2. The second kappa shape index (κ2) is 8.47. The van der Waals surface area contributed by atoms with Crippen molar-refractivity contribution >= 4 is 0 Å². The highest BCUT2D eigenvalue weighted by atomic mass is 15.2. The van der Waals surface area contributed by atoms with Crippen molar-refractivity contribution in [3.05, 3.63) is 0 Å². The predicted molar refractivity (Wildman–Crippen MR) is 90.6 cm³/mol. The molecule has 0 aromatic carbocycles. The number of nitrogens with zero attached hydrogens (tertiary/aromatic N) is 2. The predicted octanol–water partition coefficient (Wildman–Crippen LogP) is 1.65. The van der Waals surface area contributed by atoms with E-state index in [1.807, 2.05) is 0 Å². The molecule has 2 aliphatic rings. The second-order valence-electron chi connectivity index (χ2n) is 7.39. The lowest BCUT2D eigenvalue weighted by Crippen LogP contribution is -2.48. The van der Waals surface area contributed by atoms with Gasteiger partial charge in [0.2, 0.25) is 0 Å². The Morgan fingerprint density at radius 3 is 2.38 bits per heavy atom. The van der Waals surface area contributed by atoms with Crippen molar-refractivity contribution in [2.45, 2.75) is 77.0 Å². The molecule has 0 aromatic heterocycles. The van der Waals surface area contributed by atoms with Gasteiger partial charge in [0.05, 0.1) is 0 Å². The monoisotopic (exact) mass is 296 g/mol. The van der Waals surface area contributed by atoms with E-state index in [-0.39, 0.29) is 0 Å². The first-order valence-electron chi connectivity index (χ1n) is 9.03. The number of hydrogen-bond donors (Lipinski definition) is 2. The molecule has 2 heterocycles. The molecule has 0 amide bonds. The molecule has 2 atom stereocenters. The molecule has 2 saturated heterocycles. The van der Waals surface area contributed by atoms with E-state index in [4.69, 9.17) is 5.73 Å². The van der Waals surface area contributed by atoms with Gasteiger partial charge >= 0.3 is 0 Å². The molecular weight excluding hydrogens is 260 g/mol. The summed E-state index contributed by atoms with van der Waals surface area (Å²) in [6.45, 7) is 13.0. The second-order valence-corrected chi connectivity index (χ2v) is 7.39. The van der Waals surface area contributed by atoms with E-state index in [0.29, 0.717) is 18.1 Å². The van der Waals surface area contributed by atoms with Gasteiger partial charge in [-0.1, -0.05) is 0 Å². The maximum Gasteiger partial charge on any atom is 0.0168 e. The van der Waals surface area contributed by atoms with E-state index in [2.05, 4.69) is 35.9 Å². The van der Waals surface area contributed by atoms with E-state index in [9.17, 15) is 0 Å². The molecule has 0 radical (unpaired) electrons. The highest BCUT2D eigenvalue weighted by molar-refractivity contribution is 4.81. The average molecular weight is 297 g/mol. The summed E-state index contributed by atoms with van der Waals surface area (Å²) in [6.07, 6.45) is 6.34. The molecule has 1 unspecified atom stereocenters. The van der Waals surface area contributed by atoms with Gasteiger partial charge in [-0.05, 0) is 79.1 Å². The van der Waals surface area contributed by atoms with Crippen LogP contribution in [0.1, 0.15) is 52.9 Å². The van der Waals surface area contributed by atoms with Crippen molar-refractivity contribution in [2.75, 3.05) is 32.7 Å². The number of nitrogens with one attached hydrogen (secondary N) is 1. The van der Waals surface area contributed by atoms with Crippen molar-refractivity contribution in [3.8, 4) is 0 Å². The lowest BCUT2D eigenvalue weighted by Gasteiger charge is -2.37. The van der Waals surface area contributed by atoms with Gasteiger partial charge < -0.3 is 16.0 Å². The number of nitrogens with two attached hydrogens (primary N) is 1. The maximum atomic E-state index is 6.08. The summed E-state index contributed by atoms with van der Waals surface area (Å²) < 4.78 is 0. The Labute approximate surface area is 131 Å². The van der Waals surface area contributed by atoms with Gasteiger partial charge in [-0.25, -0.2) is 0 Å². The van der Waals surface area contributed by atoms with E-state index in [1.54, 1.807) is 0 Å². The van der Waals surface area contributed by atoms with Crippen LogP contribution >= 0.6 is 0 Å². The minimum absolute atomic E-state index is 0.398. The van der Waals surface area contributed by atoms with Crippen LogP contribution in [0.15, 0.2) is 0 Å². The fraction of sp³-hybridized carbons (Fsp3) is 1.00. The summed E-state index contributed by atoms with van der Waals surface area (Å²) in [7, 11) is 0. The van der Waals surface area contributed by atoms with E-state index in [0.717, 1.165) is 19.1 Å². The molecule has 0 spiro atoms. The lowest BCUT2D eigenvalue weighted by molar-refractivity contribution is 0.143. The summed E-state index contributed by atoms with van der Waals surface area (Å²) in [5, 5.41) is 3.78. The van der Waals surface area contributed by atoms with Gasteiger partial charge in [0.1, 0.15) is 0 Å². The molecular formula is C17H36N4. The molecule has 2 rings (SSSR count). The van der Waals surface area contributed by atoms with Gasteiger partial charge in [-0.2, -0.15) is 0 Å². The first kappa shape index (κ1) is 17.2. The SMILES string of the molecule is CC(C)N1CCC(NCCC(C)N2CCC[C@@H](N)C2)CC1. The fourth-order valence-electron chi connectivity index (χ4n) is 3.74. The van der Waals surface area contributed by atoms with Crippen LogP contribution in [-0.4, -0.2) is 66.7 Å². The maximum absolute atomic E-state index is 6.08. The molecule has 4 heteroatoms. The number of hydrogen-bond acceptors (Lipinski definition) is 4. The number of rotatable bonds is 6. The van der Waals surface area contributed by atoms with Crippen molar-refractivity contribution in [1.82, 2.24) is 15.1 Å². The van der Waals surface area contributed by atoms with Crippen molar-refractivity contribution in [1.29, 1.82) is 0 Å². The third-order valence-corrected chi connectivity index (χ3v) is 5.37. The van der Waals surface area contributed by atoms with Crippen molar-refractivity contribution in [2.24, 2.45) is 5.73 Å². The molecule has 2 aliphatic heterocycles. The molecule has 124 valence electrons. The van der Waals surface area contributed by atoms with Gasteiger partial charge in [0.15, 0.2) is 0 Å². The first-order valence-corrected chi connectivity index (χ1v) is 9.03. The van der Waals surface area contributed by atoms with Crippen LogP contribution in [0.5, 0.6) is 0 Å². The minimum Gasteiger partial charge on any atom is -0.327 e. The van der Waals surface area contributed by atoms with Crippen LogP contribution < -0.4 is 11.1 Å². The molecule has 0 saturated carbocycles. The minimum atomic E-state index is 0.398. The van der Waals surface area contributed by atoms with Gasteiger partial charge in [0, 0.05) is 30.7 Å². The van der Waals surface area contributed by atoms with E-state index < -0.39 is 0 Å². The van der Waals surface area contributed by atoms with Crippen LogP contribution in [0.3, 0.4) is 0 Å². The van der Waals surface area contributed by atoms with Gasteiger partial charge in [0.25, 0.3) is 0 Å². The molecule has 21 heavy (non-hydrogen) atoms. The van der Waals surface area contributed by atoms with E-state index in [1.165, 1.54) is 51.7 Å². The molecule has 0 bridgehead atoms. The highest BCUT2D eigenvalue weighted by Gasteiger charge is 2.22. The van der Waals surface area contributed by atoms with Crippen LogP contribution in [-0.2, 0) is 0 Å². The summed E-state index contributed by atoms with van der Waals surface area (Å²) in [4.78, 5) is 5.17. The normalized spacial score (nSPS) is 28.1. The summed E-state index contributed by atoms with van der Waals surface area (Å²) >= 11 is 0. The lowest BCUT2D eigenvalue weighted by atomic mass is 10.0. The molecule has 3 N–H and O–H groups in total. The Balaban J connectivity index is 1.59. The van der Waals surface area contributed by atoms with Crippen molar-refractivity contribution in [3.63, 3.8) is 0 Å². The zero-order chi connectivity index (χ0) is 15.2. The average Bonchev–Trinajstić information content (AvgIpc) is 2.47. The Morgan fingerprint density at radius 2 is 1.76 bits per heavy atom. The third-order valence-electron chi connectivity index (χ3n) is 5.37. The van der Waals surface area contributed by atoms with Gasteiger partial charge in [-0.3, -0.25) is 4.90 Å². The van der Waals surface area contributed by atoms with E-state index >= 15 is 0 Å². The first-order chi connectivity index (χ1) is 10.1. The largest absolute Gasteiger partial charge is 0.327 e. The highest BCUT2D eigenvalue weighted by Crippen LogP contribution is 2.15. The standard InChI is InChI=1S/C17H36N4/c1-14(2)20-11-7-17(8-12-20)19-9-6-15(3)21-10-4-5-16(18)13-21/h14-17,19H,4-13,18H2,1-3H3/t15?,16-/m1/s1. The Morgan fingerprint density at radius 1 is 1.05 bits per heavy atom. The zero-order valence-corrected chi connectivity index (χ0v) is 14.4. The third kappa shape index (κ3) is 5.51. The quantitative estimate of drug-likeness (QED) is 0.782. The Hall–Kier alpha value is -0.160. The van der Waals surface area contributed by atoms with Crippen molar-refractivity contribution < 1.29 is 0 Å². The summed E-state index contributed by atoms with van der Waals surface area (Å²) in [6, 6.07) is 2.50. The van der Waals surface area contributed by atoms with Crippen LogP contribution in [0.4, 0.5) is 0 Å². The smallest absolute Gasteiger partial charge is 0.0168 e. The summed E-state index contributed by atoms with van der Waals surface area (Å²) in [5.74, 6) is 0. The Kier molecular flexibility index (Phi) is 6.93. The molecule has 4 nitrogen and oxygen atoms in total. The molecule has 2 fully saturated rings. The fourth-order valence-corrected chi connectivity index (χ4v) is 3.74. The molecule has 0 aliphatic carbocycles. The summed E-state index contributed by atoms with van der Waals surface area (Å²) in [5.41, 5.74) is 6.08. The van der Waals surface area contributed by atoms with Gasteiger partial charge in [-0.15, -0.1) is 0 Å².